The maximum absolute atomic E-state index is 12.8. The van der Waals surface area contributed by atoms with Crippen LogP contribution in [-0.4, -0.2) is 74.7 Å². The van der Waals surface area contributed by atoms with Crippen LogP contribution in [0.1, 0.15) is 45.1 Å². The number of ether oxygens (including phenoxy) is 1. The van der Waals surface area contributed by atoms with Crippen molar-refractivity contribution in [2.24, 2.45) is 10.4 Å². The minimum Gasteiger partial charge on any atom is -0.375 e. The second-order valence-electron chi connectivity index (χ2n) is 8.89. The van der Waals surface area contributed by atoms with E-state index in [0.717, 1.165) is 69.3 Å². The summed E-state index contributed by atoms with van der Waals surface area (Å²) in [5.74, 6) is 1.94. The van der Waals surface area contributed by atoms with Crippen molar-refractivity contribution in [1.82, 2.24) is 20.5 Å². The fraction of sp³-hybridized carbons (Fsp3) is 0.696. The number of nitrogens with zero attached hydrogens (tertiary/aromatic N) is 4. The summed E-state index contributed by atoms with van der Waals surface area (Å²) in [6, 6.07) is 4.12. The van der Waals surface area contributed by atoms with Crippen molar-refractivity contribution in [2.75, 3.05) is 51.8 Å². The maximum atomic E-state index is 12.8. The first-order valence-electron chi connectivity index (χ1n) is 11.5. The summed E-state index contributed by atoms with van der Waals surface area (Å²) in [4.78, 5) is 26.1. The Hall–Kier alpha value is -1.62. The minimum atomic E-state index is -0.323. The Kier molecular flexibility index (Phi) is 10.5. The van der Waals surface area contributed by atoms with Gasteiger partial charge in [0.2, 0.25) is 5.91 Å². The van der Waals surface area contributed by atoms with Gasteiger partial charge in [0.15, 0.2) is 5.96 Å². The average molecular weight is 559 g/mol. The number of nitrogens with one attached hydrogen (secondary N) is 2. The molecule has 1 amide bonds. The number of guanidine groups is 1. The molecule has 0 radical (unpaired) electrons. The normalized spacial score (nSPS) is 20.4. The summed E-state index contributed by atoms with van der Waals surface area (Å²) in [6.45, 7) is 8.52. The molecule has 8 nitrogen and oxygen atoms in total. The zero-order valence-corrected chi connectivity index (χ0v) is 22.2. The lowest BCUT2D eigenvalue weighted by molar-refractivity contribution is -0.138. The Balaban J connectivity index is 0.00000363. The molecule has 1 aromatic rings. The highest BCUT2D eigenvalue weighted by Crippen LogP contribution is 2.38. The van der Waals surface area contributed by atoms with Crippen molar-refractivity contribution in [2.45, 2.75) is 52.2 Å². The molecule has 0 spiro atoms. The third kappa shape index (κ3) is 6.94. The molecule has 180 valence electrons. The van der Waals surface area contributed by atoms with Crippen LogP contribution in [-0.2, 0) is 16.1 Å². The number of carbonyl (C=O) groups is 1. The van der Waals surface area contributed by atoms with Crippen molar-refractivity contribution < 1.29 is 9.53 Å². The standard InChI is InChI=1S/C23H38N6O2.HI/c1-5-24-22(27-17-23(9-6-7-10-23)21(30)28(3)4)26-15-19-8-11-25-20(14-19)29-12-13-31-18(2)16-29;/h8,11,14,18H,5-7,9-10,12-13,15-17H2,1-4H3,(H2,24,26,27);1H. The molecular weight excluding hydrogens is 519 g/mol. The predicted molar refractivity (Wildman–Crippen MR) is 140 cm³/mol. The Labute approximate surface area is 209 Å². The van der Waals surface area contributed by atoms with Crippen molar-refractivity contribution in [3.63, 3.8) is 0 Å². The Morgan fingerprint density at radius 3 is 2.75 bits per heavy atom. The molecule has 32 heavy (non-hydrogen) atoms. The predicted octanol–water partition coefficient (Wildman–Crippen LogP) is 2.63. The van der Waals surface area contributed by atoms with Gasteiger partial charge in [0.1, 0.15) is 5.82 Å². The highest BCUT2D eigenvalue weighted by molar-refractivity contribution is 14.0. The van der Waals surface area contributed by atoms with Crippen molar-refractivity contribution in [3.05, 3.63) is 23.9 Å². The lowest BCUT2D eigenvalue weighted by Gasteiger charge is -2.32. The molecule has 1 saturated carbocycles. The third-order valence-electron chi connectivity index (χ3n) is 6.15. The zero-order chi connectivity index (χ0) is 22.3. The second kappa shape index (κ2) is 12.6. The van der Waals surface area contributed by atoms with E-state index in [1.54, 1.807) is 4.90 Å². The van der Waals surface area contributed by atoms with Gasteiger partial charge in [-0.3, -0.25) is 4.79 Å². The molecular formula is C23H39IN6O2. The van der Waals surface area contributed by atoms with Gasteiger partial charge >= 0.3 is 0 Å². The highest BCUT2D eigenvalue weighted by Gasteiger charge is 2.42. The first-order chi connectivity index (χ1) is 14.9. The van der Waals surface area contributed by atoms with Gasteiger partial charge in [0, 0.05) is 46.5 Å². The van der Waals surface area contributed by atoms with Gasteiger partial charge in [-0.1, -0.05) is 12.8 Å². The number of halogens is 1. The van der Waals surface area contributed by atoms with Gasteiger partial charge in [-0.25, -0.2) is 9.98 Å². The molecule has 1 unspecified atom stereocenters. The van der Waals surface area contributed by atoms with Crippen LogP contribution >= 0.6 is 24.0 Å². The number of aliphatic imine (C=N–C) groups is 1. The molecule has 3 rings (SSSR count). The minimum absolute atomic E-state index is 0. The summed E-state index contributed by atoms with van der Waals surface area (Å²) in [5.41, 5.74) is 0.789. The topological polar surface area (TPSA) is 82.1 Å². The van der Waals surface area contributed by atoms with Gasteiger partial charge < -0.3 is 25.2 Å². The number of amides is 1. The highest BCUT2D eigenvalue weighted by atomic mass is 127. The van der Waals surface area contributed by atoms with Gasteiger partial charge in [-0.05, 0) is 44.4 Å². The van der Waals surface area contributed by atoms with Crippen LogP contribution in [0.5, 0.6) is 0 Å². The van der Waals surface area contributed by atoms with Crippen LogP contribution in [0.4, 0.5) is 5.82 Å². The first kappa shape index (κ1) is 26.6. The molecule has 9 heteroatoms. The number of aromatic nitrogens is 1. The van der Waals surface area contributed by atoms with E-state index in [2.05, 4.69) is 40.4 Å². The molecule has 0 bridgehead atoms. The number of morpholine rings is 1. The Morgan fingerprint density at radius 1 is 1.34 bits per heavy atom. The number of hydrogen-bond donors (Lipinski definition) is 2. The lowest BCUT2D eigenvalue weighted by atomic mass is 9.84. The molecule has 0 aromatic carbocycles. The quantitative estimate of drug-likeness (QED) is 0.304. The van der Waals surface area contributed by atoms with Crippen LogP contribution in [0.2, 0.25) is 0 Å². The van der Waals surface area contributed by atoms with Crippen molar-refractivity contribution >= 4 is 41.7 Å². The van der Waals surface area contributed by atoms with E-state index in [4.69, 9.17) is 9.73 Å². The van der Waals surface area contributed by atoms with E-state index in [-0.39, 0.29) is 41.4 Å². The summed E-state index contributed by atoms with van der Waals surface area (Å²) in [6.07, 6.45) is 6.15. The monoisotopic (exact) mass is 558 g/mol. The largest absolute Gasteiger partial charge is 0.375 e. The number of anilines is 1. The van der Waals surface area contributed by atoms with Crippen LogP contribution in [0.15, 0.2) is 23.3 Å². The van der Waals surface area contributed by atoms with Gasteiger partial charge in [0.05, 0.1) is 24.7 Å². The molecule has 2 N–H and O–H groups in total. The van der Waals surface area contributed by atoms with Crippen molar-refractivity contribution in [1.29, 1.82) is 0 Å². The fourth-order valence-corrected chi connectivity index (χ4v) is 4.52. The number of hydrogen-bond acceptors (Lipinski definition) is 5. The Morgan fingerprint density at radius 2 is 2.09 bits per heavy atom. The van der Waals surface area contributed by atoms with Gasteiger partial charge in [-0.2, -0.15) is 0 Å². The first-order valence-corrected chi connectivity index (χ1v) is 11.5. The molecule has 2 aliphatic rings. The van der Waals surface area contributed by atoms with E-state index in [1.165, 1.54) is 0 Å². The van der Waals surface area contributed by atoms with E-state index in [9.17, 15) is 4.79 Å². The maximum Gasteiger partial charge on any atom is 0.230 e. The second-order valence-corrected chi connectivity index (χ2v) is 8.89. The van der Waals surface area contributed by atoms with Crippen molar-refractivity contribution in [3.8, 4) is 0 Å². The van der Waals surface area contributed by atoms with Gasteiger partial charge in [0.25, 0.3) is 0 Å². The molecule has 2 fully saturated rings. The molecule has 1 aromatic heterocycles. The van der Waals surface area contributed by atoms with E-state index in [0.29, 0.717) is 13.1 Å². The average Bonchev–Trinajstić information content (AvgIpc) is 3.25. The summed E-state index contributed by atoms with van der Waals surface area (Å²) in [5, 5.41) is 6.76. The molecule has 1 atom stereocenters. The van der Waals surface area contributed by atoms with E-state index < -0.39 is 0 Å². The third-order valence-corrected chi connectivity index (χ3v) is 6.15. The lowest BCUT2D eigenvalue weighted by Crippen LogP contribution is -2.49. The summed E-state index contributed by atoms with van der Waals surface area (Å²) < 4.78 is 5.64. The molecule has 2 heterocycles. The Bertz CT molecular complexity index is 767. The zero-order valence-electron chi connectivity index (χ0n) is 19.9. The van der Waals surface area contributed by atoms with E-state index in [1.807, 2.05) is 26.4 Å². The SMILES string of the molecule is CCNC(=NCc1ccnc(N2CCOC(C)C2)c1)NCC1(C(=O)N(C)C)CCCC1.I. The van der Waals surface area contributed by atoms with Crippen LogP contribution < -0.4 is 15.5 Å². The summed E-state index contributed by atoms with van der Waals surface area (Å²) in [7, 11) is 3.69. The van der Waals surface area contributed by atoms with Crippen LogP contribution in [0, 0.1) is 5.41 Å². The summed E-state index contributed by atoms with van der Waals surface area (Å²) >= 11 is 0. The fourth-order valence-electron chi connectivity index (χ4n) is 4.52. The molecule has 1 saturated heterocycles. The number of rotatable bonds is 7. The smallest absolute Gasteiger partial charge is 0.230 e. The van der Waals surface area contributed by atoms with E-state index >= 15 is 0 Å². The van der Waals surface area contributed by atoms with Crippen LogP contribution in [0.3, 0.4) is 0 Å². The number of pyridine rings is 1. The number of carbonyl (C=O) groups excluding carboxylic acids is 1. The molecule has 1 aliphatic heterocycles. The van der Waals surface area contributed by atoms with Crippen LogP contribution in [0.25, 0.3) is 0 Å². The van der Waals surface area contributed by atoms with Gasteiger partial charge in [-0.15, -0.1) is 24.0 Å². The molecule has 1 aliphatic carbocycles.